The first-order chi connectivity index (χ1) is 22.3. The van der Waals surface area contributed by atoms with Gasteiger partial charge in [0.25, 0.3) is 5.56 Å². The Morgan fingerprint density at radius 2 is 1.81 bits per heavy atom. The largest absolute Gasteiger partial charge is 0.490 e. The van der Waals surface area contributed by atoms with Crippen molar-refractivity contribution in [3.8, 4) is 11.4 Å². The number of aromatic nitrogens is 2. The third kappa shape index (κ3) is 5.51. The standard InChI is InChI=1S/C31H35FN4O5.C2HF3O2/c1-7-31(34-26(14(2)3)29(38)39)19-10-23-27-17(12-36(23)28(37)18(19)13-41-30(31)40)25-22(35(5)6)9-8-16-15(4)20(32)11-21(33-27)24(16)25;3-2(4,5)1(6)7/h10-11,14,22,26,34H,7-9,12-13H2,1-6H3,(H,38,39);(H,6,7)/t22-,26-,31-;/m0./s1. The van der Waals surface area contributed by atoms with Crippen molar-refractivity contribution < 1.29 is 46.9 Å². The molecule has 2 aromatic heterocycles. The summed E-state index contributed by atoms with van der Waals surface area (Å²) in [4.78, 5) is 55.6. The highest BCUT2D eigenvalue weighted by molar-refractivity contribution is 5.93. The highest BCUT2D eigenvalue weighted by Gasteiger charge is 2.49. The molecule has 3 aliphatic rings. The molecule has 0 radical (unpaired) electrons. The lowest BCUT2D eigenvalue weighted by Gasteiger charge is -2.39. The molecular formula is C33H36F4N4O7. The van der Waals surface area contributed by atoms with Crippen molar-refractivity contribution in [2.75, 3.05) is 14.1 Å². The Labute approximate surface area is 272 Å². The number of pyridine rings is 2. The van der Waals surface area contributed by atoms with Gasteiger partial charge in [0.2, 0.25) is 0 Å². The van der Waals surface area contributed by atoms with Gasteiger partial charge < -0.3 is 24.4 Å². The summed E-state index contributed by atoms with van der Waals surface area (Å²) in [5.41, 5.74) is 4.20. The van der Waals surface area contributed by atoms with E-state index in [2.05, 4.69) is 10.2 Å². The number of benzene rings is 1. The predicted molar refractivity (Wildman–Crippen MR) is 165 cm³/mol. The van der Waals surface area contributed by atoms with Crippen LogP contribution < -0.4 is 10.9 Å². The highest BCUT2D eigenvalue weighted by Crippen LogP contribution is 2.47. The Hall–Kier alpha value is -4.37. The van der Waals surface area contributed by atoms with Crippen LogP contribution in [0.2, 0.25) is 0 Å². The van der Waals surface area contributed by atoms with Gasteiger partial charge in [0.05, 0.1) is 29.0 Å². The molecule has 258 valence electrons. The van der Waals surface area contributed by atoms with Crippen LogP contribution in [0.4, 0.5) is 17.6 Å². The smallest absolute Gasteiger partial charge is 0.480 e. The van der Waals surface area contributed by atoms with Crippen LogP contribution in [0.1, 0.15) is 73.0 Å². The van der Waals surface area contributed by atoms with Crippen LogP contribution in [0, 0.1) is 18.7 Å². The number of carboxylic acids is 2. The van der Waals surface area contributed by atoms with Crippen LogP contribution in [-0.2, 0) is 44.2 Å². The van der Waals surface area contributed by atoms with Crippen molar-refractivity contribution in [2.45, 2.75) is 83.9 Å². The molecule has 11 nitrogen and oxygen atoms in total. The number of nitrogens with one attached hydrogen (secondary N) is 1. The lowest BCUT2D eigenvalue weighted by molar-refractivity contribution is -0.192. The van der Waals surface area contributed by atoms with Crippen molar-refractivity contribution >= 4 is 28.8 Å². The second kappa shape index (κ2) is 12.3. The van der Waals surface area contributed by atoms with E-state index in [1.807, 2.05) is 14.1 Å². The number of carbonyl (C=O) groups is 3. The van der Waals surface area contributed by atoms with Crippen molar-refractivity contribution in [3.63, 3.8) is 0 Å². The second-order valence-corrected chi connectivity index (χ2v) is 12.9. The number of fused-ring (bicyclic) bond motifs is 5. The van der Waals surface area contributed by atoms with Gasteiger partial charge in [-0.2, -0.15) is 13.2 Å². The van der Waals surface area contributed by atoms with Crippen molar-refractivity contribution in [1.29, 1.82) is 0 Å². The normalized spacial score (nSPS) is 20.1. The first-order valence-electron chi connectivity index (χ1n) is 15.4. The molecule has 0 fully saturated rings. The molecule has 3 atom stereocenters. The molecule has 2 aliphatic heterocycles. The first-order valence-corrected chi connectivity index (χ1v) is 15.4. The predicted octanol–water partition coefficient (Wildman–Crippen LogP) is 4.42. The molecule has 1 aromatic carbocycles. The van der Waals surface area contributed by atoms with Gasteiger partial charge in [-0.3, -0.25) is 14.9 Å². The number of cyclic esters (lactones) is 1. The fourth-order valence-corrected chi connectivity index (χ4v) is 7.08. The molecule has 0 saturated carbocycles. The molecule has 3 aromatic rings. The van der Waals surface area contributed by atoms with Gasteiger partial charge in [0, 0.05) is 23.1 Å². The van der Waals surface area contributed by atoms with Crippen LogP contribution in [-0.4, -0.2) is 68.9 Å². The van der Waals surface area contributed by atoms with Crippen LogP contribution in [0.3, 0.4) is 0 Å². The van der Waals surface area contributed by atoms with E-state index in [9.17, 15) is 32.7 Å². The minimum atomic E-state index is -5.08. The van der Waals surface area contributed by atoms with Crippen LogP contribution >= 0.6 is 0 Å². The highest BCUT2D eigenvalue weighted by atomic mass is 19.4. The molecule has 0 unspecified atom stereocenters. The Balaban J connectivity index is 0.000000582. The van der Waals surface area contributed by atoms with E-state index in [1.54, 1.807) is 38.3 Å². The van der Waals surface area contributed by atoms with E-state index >= 15 is 4.39 Å². The molecule has 1 aliphatic carbocycles. The average Bonchev–Trinajstić information content (AvgIpc) is 3.37. The van der Waals surface area contributed by atoms with E-state index in [4.69, 9.17) is 19.6 Å². The second-order valence-electron chi connectivity index (χ2n) is 12.9. The third-order valence-electron chi connectivity index (χ3n) is 9.59. The minimum Gasteiger partial charge on any atom is -0.480 e. The molecule has 0 spiro atoms. The zero-order valence-corrected chi connectivity index (χ0v) is 27.2. The number of carboxylic acid groups (broad SMARTS) is 2. The van der Waals surface area contributed by atoms with Crippen molar-refractivity contribution in [2.24, 2.45) is 5.92 Å². The SMILES string of the molecule is CC[C@@]1(N[C@H](C(=O)O)C(C)C)C(=O)OCc2c1cc1n(c2=O)Cc2c-1nc1cc(F)c(C)c3c1c2[C@@H](N(C)C)CC3.O=C(O)C(F)(F)F. The summed E-state index contributed by atoms with van der Waals surface area (Å²) >= 11 is 0. The van der Waals surface area contributed by atoms with E-state index in [1.165, 1.54) is 6.07 Å². The van der Waals surface area contributed by atoms with E-state index < -0.39 is 35.7 Å². The Kier molecular flexibility index (Phi) is 8.93. The summed E-state index contributed by atoms with van der Waals surface area (Å²) in [6.45, 7) is 7.21. The maximum absolute atomic E-state index is 15.1. The van der Waals surface area contributed by atoms with Gasteiger partial charge in [-0.1, -0.05) is 20.8 Å². The van der Waals surface area contributed by atoms with Crippen LogP contribution in [0.5, 0.6) is 0 Å². The number of ether oxygens (including phenoxy) is 1. The van der Waals surface area contributed by atoms with E-state index in [0.29, 0.717) is 40.1 Å². The summed E-state index contributed by atoms with van der Waals surface area (Å²) in [6, 6.07) is 2.29. The number of aryl methyl sites for hydroxylation is 1. The van der Waals surface area contributed by atoms with Crippen molar-refractivity contribution in [1.82, 2.24) is 19.8 Å². The molecular weight excluding hydrogens is 640 g/mol. The summed E-state index contributed by atoms with van der Waals surface area (Å²) in [7, 11) is 4.05. The number of rotatable bonds is 6. The number of carbonyl (C=O) groups excluding carboxylic acids is 1. The monoisotopic (exact) mass is 676 g/mol. The molecule has 0 saturated heterocycles. The van der Waals surface area contributed by atoms with Crippen LogP contribution in [0.25, 0.3) is 22.3 Å². The quantitative estimate of drug-likeness (QED) is 0.198. The molecule has 0 bridgehead atoms. The molecule has 48 heavy (non-hydrogen) atoms. The third-order valence-corrected chi connectivity index (χ3v) is 9.59. The zero-order chi connectivity index (χ0) is 35.6. The topological polar surface area (TPSA) is 151 Å². The number of alkyl halides is 3. The fraction of sp³-hybridized carbons (Fsp3) is 0.485. The van der Waals surface area contributed by atoms with Gasteiger partial charge in [0.1, 0.15) is 24.0 Å². The number of aliphatic carboxylic acids is 2. The average molecular weight is 677 g/mol. The van der Waals surface area contributed by atoms with Gasteiger partial charge in [0.15, 0.2) is 0 Å². The maximum Gasteiger partial charge on any atom is 0.490 e. The Morgan fingerprint density at radius 3 is 2.35 bits per heavy atom. The Morgan fingerprint density at radius 1 is 1.17 bits per heavy atom. The molecule has 4 heterocycles. The van der Waals surface area contributed by atoms with E-state index in [-0.39, 0.29) is 36.4 Å². The molecule has 6 rings (SSSR count). The number of hydrogen-bond acceptors (Lipinski definition) is 8. The number of hydrogen-bond donors (Lipinski definition) is 3. The fourth-order valence-electron chi connectivity index (χ4n) is 7.08. The van der Waals surface area contributed by atoms with Crippen molar-refractivity contribution in [3.05, 3.63) is 61.7 Å². The van der Waals surface area contributed by atoms with Crippen LogP contribution in [0.15, 0.2) is 16.9 Å². The van der Waals surface area contributed by atoms with Gasteiger partial charge >= 0.3 is 24.1 Å². The molecule has 3 N–H and O–H groups in total. The van der Waals surface area contributed by atoms with E-state index in [0.717, 1.165) is 34.9 Å². The zero-order valence-electron chi connectivity index (χ0n) is 27.2. The summed E-state index contributed by atoms with van der Waals surface area (Å²) in [5.74, 6) is -5.10. The van der Waals surface area contributed by atoms with Gasteiger partial charge in [-0.25, -0.2) is 19.0 Å². The molecule has 0 amide bonds. The Bertz CT molecular complexity index is 1920. The summed E-state index contributed by atoms with van der Waals surface area (Å²) in [5, 5.41) is 21.1. The lowest BCUT2D eigenvalue weighted by atomic mass is 9.80. The summed E-state index contributed by atoms with van der Waals surface area (Å²) < 4.78 is 54.0. The maximum atomic E-state index is 15.1. The van der Waals surface area contributed by atoms with Gasteiger partial charge in [-0.15, -0.1) is 0 Å². The number of esters is 1. The summed E-state index contributed by atoms with van der Waals surface area (Å²) in [6.07, 6.45) is -3.35. The number of halogens is 4. The first kappa shape index (κ1) is 35.0. The lowest BCUT2D eigenvalue weighted by Crippen LogP contribution is -2.60. The van der Waals surface area contributed by atoms with Gasteiger partial charge in [-0.05, 0) is 74.5 Å². The molecule has 15 heteroatoms. The minimum absolute atomic E-state index is 0.0647. The number of nitrogens with zero attached hydrogens (tertiary/aromatic N) is 3.